The van der Waals surface area contributed by atoms with Crippen LogP contribution in [0.3, 0.4) is 0 Å². The number of rotatable bonds is 7. The summed E-state index contributed by atoms with van der Waals surface area (Å²) in [5.41, 5.74) is 0.974. The average Bonchev–Trinajstić information content (AvgIpc) is 3.36. The number of ether oxygens (including phenoxy) is 4. The molecule has 28 heavy (non-hydrogen) atoms. The molecular weight excluding hydrogens is 384 g/mol. The van der Waals surface area contributed by atoms with E-state index in [1.807, 2.05) is 6.92 Å². The van der Waals surface area contributed by atoms with Gasteiger partial charge in [0.1, 0.15) is 18.3 Å². The van der Waals surface area contributed by atoms with Crippen molar-refractivity contribution >= 4 is 10.1 Å². The smallest absolute Gasteiger partial charge is 0.297 e. The lowest BCUT2D eigenvalue weighted by Crippen LogP contribution is -2.35. The summed E-state index contributed by atoms with van der Waals surface area (Å²) in [5, 5.41) is 0. The summed E-state index contributed by atoms with van der Waals surface area (Å²) in [5.74, 6) is -0.608. The first-order valence-corrected chi connectivity index (χ1v) is 11.0. The maximum atomic E-state index is 12.5. The Kier molecular flexibility index (Phi) is 5.61. The molecule has 0 radical (unpaired) electrons. The fourth-order valence-electron chi connectivity index (χ4n) is 3.99. The quantitative estimate of drug-likeness (QED) is 0.505. The summed E-state index contributed by atoms with van der Waals surface area (Å²) in [6.45, 7) is 5.68. The van der Waals surface area contributed by atoms with Crippen molar-refractivity contribution in [1.29, 1.82) is 0 Å². The van der Waals surface area contributed by atoms with Crippen LogP contribution in [0.5, 0.6) is 0 Å². The van der Waals surface area contributed by atoms with Gasteiger partial charge in [-0.15, -0.1) is 6.58 Å². The molecule has 3 aliphatic rings. The molecule has 1 aliphatic carbocycles. The molecule has 0 N–H and O–H groups in total. The van der Waals surface area contributed by atoms with Crippen molar-refractivity contribution in [3.8, 4) is 0 Å². The monoisotopic (exact) mass is 410 g/mol. The van der Waals surface area contributed by atoms with Gasteiger partial charge < -0.3 is 18.9 Å². The topological polar surface area (TPSA) is 80.3 Å². The predicted molar refractivity (Wildman–Crippen MR) is 100 cm³/mol. The first kappa shape index (κ1) is 20.0. The van der Waals surface area contributed by atoms with Gasteiger partial charge in [-0.3, -0.25) is 4.18 Å². The number of fused-ring (bicyclic) bond motifs is 1. The van der Waals surface area contributed by atoms with Crippen molar-refractivity contribution in [2.24, 2.45) is 0 Å². The molecule has 4 rings (SSSR count). The average molecular weight is 410 g/mol. The highest BCUT2D eigenvalue weighted by Gasteiger charge is 2.59. The van der Waals surface area contributed by atoms with E-state index in [4.69, 9.17) is 23.1 Å². The second-order valence-corrected chi connectivity index (χ2v) is 9.11. The minimum Gasteiger partial charge on any atom is -0.346 e. The van der Waals surface area contributed by atoms with Crippen molar-refractivity contribution in [1.82, 2.24) is 0 Å². The third kappa shape index (κ3) is 3.90. The largest absolute Gasteiger partial charge is 0.346 e. The van der Waals surface area contributed by atoms with E-state index in [1.165, 1.54) is 12.1 Å². The molecular formula is C20H26O7S. The number of aryl methyl sites for hydroxylation is 1. The van der Waals surface area contributed by atoms with Crippen LogP contribution in [0.15, 0.2) is 41.8 Å². The van der Waals surface area contributed by atoms with Crippen molar-refractivity contribution in [3.05, 3.63) is 42.5 Å². The van der Waals surface area contributed by atoms with Crippen LogP contribution in [-0.4, -0.2) is 52.0 Å². The summed E-state index contributed by atoms with van der Waals surface area (Å²) in [6, 6.07) is 6.52. The summed E-state index contributed by atoms with van der Waals surface area (Å²) < 4.78 is 54.2. The standard InChI is InChI=1S/C20H26O7S/c1-3-12-23-19-18-17(26-20(27-18)10-4-5-11-20)16(25-19)13-24-28(21,22)15-8-6-14(2)7-9-15/h3,6-9,16-19H,1,4-5,10-13H2,2H3/t16-,17-,18-,19-/m1/s1. The van der Waals surface area contributed by atoms with E-state index in [9.17, 15) is 8.42 Å². The normalized spacial score (nSPS) is 31.3. The van der Waals surface area contributed by atoms with Gasteiger partial charge in [-0.1, -0.05) is 23.8 Å². The molecule has 4 atom stereocenters. The Morgan fingerprint density at radius 1 is 1.18 bits per heavy atom. The number of benzene rings is 1. The molecule has 1 saturated carbocycles. The molecule has 0 amide bonds. The van der Waals surface area contributed by atoms with Crippen LogP contribution < -0.4 is 0 Å². The zero-order chi connectivity index (χ0) is 19.8. The zero-order valence-corrected chi connectivity index (χ0v) is 16.7. The molecule has 0 bridgehead atoms. The van der Waals surface area contributed by atoms with Crippen molar-refractivity contribution in [3.63, 3.8) is 0 Å². The van der Waals surface area contributed by atoms with Crippen LogP contribution in [0.4, 0.5) is 0 Å². The van der Waals surface area contributed by atoms with E-state index in [0.717, 1.165) is 31.2 Å². The number of hydrogen-bond donors (Lipinski definition) is 0. The van der Waals surface area contributed by atoms with E-state index in [-0.39, 0.29) is 11.5 Å². The van der Waals surface area contributed by atoms with E-state index >= 15 is 0 Å². The highest BCUT2D eigenvalue weighted by Crippen LogP contribution is 2.47. The van der Waals surface area contributed by atoms with E-state index in [0.29, 0.717) is 6.61 Å². The summed E-state index contributed by atoms with van der Waals surface area (Å²) in [7, 11) is -3.89. The van der Waals surface area contributed by atoms with Crippen LogP contribution in [0.1, 0.15) is 31.2 Å². The zero-order valence-electron chi connectivity index (χ0n) is 15.9. The maximum absolute atomic E-state index is 12.5. The molecule has 1 aromatic carbocycles. The van der Waals surface area contributed by atoms with Gasteiger partial charge in [0.05, 0.1) is 18.1 Å². The summed E-state index contributed by atoms with van der Waals surface area (Å²) >= 11 is 0. The van der Waals surface area contributed by atoms with Gasteiger partial charge in [0.2, 0.25) is 0 Å². The molecule has 1 spiro atoms. The van der Waals surface area contributed by atoms with Gasteiger partial charge in [0.15, 0.2) is 12.1 Å². The molecule has 1 aromatic rings. The highest BCUT2D eigenvalue weighted by molar-refractivity contribution is 7.86. The van der Waals surface area contributed by atoms with Crippen LogP contribution in [-0.2, 0) is 33.2 Å². The molecule has 154 valence electrons. The van der Waals surface area contributed by atoms with Gasteiger partial charge in [-0.25, -0.2) is 0 Å². The van der Waals surface area contributed by atoms with Gasteiger partial charge in [0.25, 0.3) is 10.1 Å². The molecule has 0 unspecified atom stereocenters. The van der Waals surface area contributed by atoms with Crippen LogP contribution >= 0.6 is 0 Å². The summed E-state index contributed by atoms with van der Waals surface area (Å²) in [6.07, 6.45) is 3.29. The van der Waals surface area contributed by atoms with Crippen LogP contribution in [0.2, 0.25) is 0 Å². The molecule has 2 heterocycles. The van der Waals surface area contributed by atoms with Crippen molar-refractivity contribution in [2.75, 3.05) is 13.2 Å². The van der Waals surface area contributed by atoms with Gasteiger partial charge in [-0.05, 0) is 31.9 Å². The molecule has 2 aliphatic heterocycles. The summed E-state index contributed by atoms with van der Waals surface area (Å²) in [4.78, 5) is 0.114. The Labute approximate surface area is 165 Å². The molecule has 0 aromatic heterocycles. The molecule has 2 saturated heterocycles. The van der Waals surface area contributed by atoms with E-state index in [2.05, 4.69) is 6.58 Å². The Balaban J connectivity index is 1.46. The van der Waals surface area contributed by atoms with Crippen molar-refractivity contribution < 1.29 is 31.5 Å². The first-order chi connectivity index (χ1) is 13.4. The predicted octanol–water partition coefficient (Wildman–Crippen LogP) is 2.68. The van der Waals surface area contributed by atoms with Crippen LogP contribution in [0, 0.1) is 6.92 Å². The molecule has 7 nitrogen and oxygen atoms in total. The third-order valence-electron chi connectivity index (χ3n) is 5.41. The minimum atomic E-state index is -3.89. The first-order valence-electron chi connectivity index (χ1n) is 9.62. The molecule has 3 fully saturated rings. The minimum absolute atomic E-state index is 0.114. The van der Waals surface area contributed by atoms with E-state index in [1.54, 1.807) is 18.2 Å². The Morgan fingerprint density at radius 3 is 2.54 bits per heavy atom. The number of hydrogen-bond acceptors (Lipinski definition) is 7. The van der Waals surface area contributed by atoms with Gasteiger partial charge >= 0.3 is 0 Å². The van der Waals surface area contributed by atoms with Gasteiger partial charge in [0, 0.05) is 12.8 Å². The SMILES string of the molecule is C=CCO[C@@H]1O[C@H](COS(=O)(=O)c2ccc(C)cc2)[C@H]2OC3(CCCC3)O[C@@H]12. The van der Waals surface area contributed by atoms with Crippen molar-refractivity contribution in [2.45, 2.75) is 67.9 Å². The molecule has 8 heteroatoms. The Bertz CT molecular complexity index is 798. The Hall–Kier alpha value is -1.29. The lowest BCUT2D eigenvalue weighted by molar-refractivity contribution is -0.243. The third-order valence-corrected chi connectivity index (χ3v) is 6.71. The highest BCUT2D eigenvalue weighted by atomic mass is 32.2. The van der Waals surface area contributed by atoms with E-state index < -0.39 is 40.5 Å². The maximum Gasteiger partial charge on any atom is 0.297 e. The second kappa shape index (κ2) is 7.85. The van der Waals surface area contributed by atoms with Gasteiger partial charge in [-0.2, -0.15) is 8.42 Å². The fraction of sp³-hybridized carbons (Fsp3) is 0.600. The Morgan fingerprint density at radius 2 is 1.86 bits per heavy atom. The van der Waals surface area contributed by atoms with Crippen LogP contribution in [0.25, 0.3) is 0 Å². The lowest BCUT2D eigenvalue weighted by Gasteiger charge is -2.26. The lowest BCUT2D eigenvalue weighted by atomic mass is 10.1. The fourth-order valence-corrected chi connectivity index (χ4v) is 4.91. The second-order valence-electron chi connectivity index (χ2n) is 7.50.